The summed E-state index contributed by atoms with van der Waals surface area (Å²) in [6.07, 6.45) is 0. The summed E-state index contributed by atoms with van der Waals surface area (Å²) in [4.78, 5) is 12.9. The van der Waals surface area contributed by atoms with Crippen LogP contribution in [0.4, 0.5) is 11.4 Å². The van der Waals surface area contributed by atoms with Crippen molar-refractivity contribution in [3.05, 3.63) is 88.4 Å². The number of hydrogen-bond donors (Lipinski definition) is 1. The van der Waals surface area contributed by atoms with E-state index in [9.17, 15) is 13.2 Å². The first-order valence-electron chi connectivity index (χ1n) is 8.92. The second-order valence-corrected chi connectivity index (χ2v) is 9.11. The molecule has 0 atom stereocenters. The lowest BCUT2D eigenvalue weighted by Crippen LogP contribution is -2.27. The van der Waals surface area contributed by atoms with E-state index in [0.717, 1.165) is 11.1 Å². The maximum atomic E-state index is 12.9. The van der Waals surface area contributed by atoms with Crippen molar-refractivity contribution in [2.45, 2.75) is 18.7 Å². The molecule has 0 aliphatic rings. The molecule has 7 heteroatoms. The topological polar surface area (TPSA) is 66.5 Å². The Labute approximate surface area is 176 Å². The highest BCUT2D eigenvalue weighted by Gasteiger charge is 2.23. The number of halogens is 1. The summed E-state index contributed by atoms with van der Waals surface area (Å²) < 4.78 is 27.1. The number of sulfonamides is 1. The first-order valence-corrected chi connectivity index (χ1v) is 10.7. The van der Waals surface area contributed by atoms with Gasteiger partial charge >= 0.3 is 0 Å². The minimum Gasteiger partial charge on any atom is -0.322 e. The zero-order chi connectivity index (χ0) is 21.2. The van der Waals surface area contributed by atoms with Crippen molar-refractivity contribution in [1.82, 2.24) is 0 Å². The lowest BCUT2D eigenvalue weighted by molar-refractivity contribution is 0.102. The van der Waals surface area contributed by atoms with E-state index in [1.54, 1.807) is 67.6 Å². The van der Waals surface area contributed by atoms with Crippen LogP contribution in [0.5, 0.6) is 0 Å². The van der Waals surface area contributed by atoms with Gasteiger partial charge in [0.05, 0.1) is 10.6 Å². The summed E-state index contributed by atoms with van der Waals surface area (Å²) in [6, 6.07) is 18.4. The third-order valence-electron chi connectivity index (χ3n) is 4.66. The summed E-state index contributed by atoms with van der Waals surface area (Å²) >= 11 is 6.02. The zero-order valence-corrected chi connectivity index (χ0v) is 17.9. The summed E-state index contributed by atoms with van der Waals surface area (Å²) in [5.74, 6) is -0.345. The number of rotatable bonds is 5. The van der Waals surface area contributed by atoms with Gasteiger partial charge in [0.15, 0.2) is 0 Å². The Morgan fingerprint density at radius 2 is 1.59 bits per heavy atom. The van der Waals surface area contributed by atoms with Gasteiger partial charge in [-0.3, -0.25) is 9.10 Å². The first kappa shape index (κ1) is 20.9. The molecule has 0 spiro atoms. The summed E-state index contributed by atoms with van der Waals surface area (Å²) in [7, 11) is -2.26. The molecule has 1 N–H and O–H groups in total. The Morgan fingerprint density at radius 3 is 2.28 bits per heavy atom. The fourth-order valence-electron chi connectivity index (χ4n) is 2.89. The minimum absolute atomic E-state index is 0.186. The zero-order valence-electron chi connectivity index (χ0n) is 16.3. The van der Waals surface area contributed by atoms with Crippen molar-refractivity contribution in [2.24, 2.45) is 0 Å². The first-order chi connectivity index (χ1) is 13.7. The molecule has 150 valence electrons. The molecule has 0 heterocycles. The van der Waals surface area contributed by atoms with E-state index < -0.39 is 10.0 Å². The predicted molar refractivity (Wildman–Crippen MR) is 117 cm³/mol. The molecule has 0 aromatic heterocycles. The largest absolute Gasteiger partial charge is 0.322 e. The van der Waals surface area contributed by atoms with Crippen molar-refractivity contribution >= 4 is 38.9 Å². The molecular formula is C22H21ClN2O3S. The van der Waals surface area contributed by atoms with Crippen LogP contribution in [0, 0.1) is 13.8 Å². The van der Waals surface area contributed by atoms with Crippen LogP contribution in [0.25, 0.3) is 0 Å². The fraction of sp³-hybridized carbons (Fsp3) is 0.136. The number of hydrogen-bond acceptors (Lipinski definition) is 3. The van der Waals surface area contributed by atoms with Crippen LogP contribution in [-0.4, -0.2) is 21.4 Å². The molecule has 0 aliphatic carbocycles. The third-order valence-corrected chi connectivity index (χ3v) is 6.68. The summed E-state index contributed by atoms with van der Waals surface area (Å²) in [5, 5.41) is 3.35. The van der Waals surface area contributed by atoms with Gasteiger partial charge in [0.1, 0.15) is 0 Å². The average molecular weight is 429 g/mol. The van der Waals surface area contributed by atoms with Gasteiger partial charge in [-0.25, -0.2) is 8.42 Å². The molecule has 0 saturated carbocycles. The molecule has 0 radical (unpaired) electrons. The number of aryl methyl sites for hydroxylation is 2. The lowest BCUT2D eigenvalue weighted by Gasteiger charge is -2.22. The van der Waals surface area contributed by atoms with Crippen LogP contribution in [-0.2, 0) is 10.0 Å². The molecule has 0 aliphatic heterocycles. The van der Waals surface area contributed by atoms with Crippen LogP contribution in [0.1, 0.15) is 21.5 Å². The molecule has 1 amide bonds. The van der Waals surface area contributed by atoms with E-state index in [1.165, 1.54) is 11.4 Å². The van der Waals surface area contributed by atoms with Crippen LogP contribution in [0.2, 0.25) is 5.02 Å². The highest BCUT2D eigenvalue weighted by atomic mass is 35.5. The fourth-order valence-corrected chi connectivity index (χ4v) is 4.34. The number of nitrogens with one attached hydrogen (secondary N) is 1. The average Bonchev–Trinajstić information content (AvgIpc) is 2.71. The third kappa shape index (κ3) is 4.44. The monoisotopic (exact) mass is 428 g/mol. The molecule has 3 aromatic rings. The number of carbonyl (C=O) groups excluding carboxylic acids is 1. The van der Waals surface area contributed by atoms with E-state index >= 15 is 0 Å². The van der Waals surface area contributed by atoms with Gasteiger partial charge < -0.3 is 5.32 Å². The molecule has 29 heavy (non-hydrogen) atoms. The van der Waals surface area contributed by atoms with Gasteiger partial charge in [0.25, 0.3) is 15.9 Å². The van der Waals surface area contributed by atoms with Gasteiger partial charge in [-0.05, 0) is 61.4 Å². The molecule has 5 nitrogen and oxygen atoms in total. The summed E-state index contributed by atoms with van der Waals surface area (Å²) in [5.41, 5.74) is 3.00. The van der Waals surface area contributed by atoms with Crippen molar-refractivity contribution in [2.75, 3.05) is 16.7 Å². The van der Waals surface area contributed by atoms with E-state index in [1.807, 2.05) is 13.0 Å². The van der Waals surface area contributed by atoms with Gasteiger partial charge in [-0.1, -0.05) is 41.9 Å². The lowest BCUT2D eigenvalue weighted by atomic mass is 10.1. The molecule has 0 saturated heterocycles. The Morgan fingerprint density at radius 1 is 0.931 bits per heavy atom. The Kier molecular flexibility index (Phi) is 5.96. The highest BCUT2D eigenvalue weighted by Crippen LogP contribution is 2.27. The van der Waals surface area contributed by atoms with Crippen LogP contribution < -0.4 is 9.62 Å². The maximum Gasteiger partial charge on any atom is 0.264 e. The van der Waals surface area contributed by atoms with Crippen molar-refractivity contribution < 1.29 is 13.2 Å². The Balaban J connectivity index is 1.94. The van der Waals surface area contributed by atoms with Crippen molar-refractivity contribution in [3.8, 4) is 0 Å². The molecule has 3 aromatic carbocycles. The van der Waals surface area contributed by atoms with Crippen LogP contribution >= 0.6 is 11.6 Å². The van der Waals surface area contributed by atoms with E-state index in [2.05, 4.69) is 5.32 Å². The minimum atomic E-state index is -3.74. The van der Waals surface area contributed by atoms with Crippen LogP contribution in [0.3, 0.4) is 0 Å². The standard InChI is InChI=1S/C22H21ClN2O3S/c1-15-10-12-18(23)14-20(15)24-22(26)17-11-9-16(2)21(13-17)25(3)29(27,28)19-7-5-4-6-8-19/h4-14H,1-3H3,(H,24,26). The van der Waals surface area contributed by atoms with Gasteiger partial charge in [0, 0.05) is 23.3 Å². The second kappa shape index (κ2) is 8.27. The second-order valence-electron chi connectivity index (χ2n) is 6.70. The molecule has 0 bridgehead atoms. The Hall–Kier alpha value is -2.83. The normalized spacial score (nSPS) is 11.2. The van der Waals surface area contributed by atoms with Gasteiger partial charge in [0.2, 0.25) is 0 Å². The number of anilines is 2. The molecule has 0 unspecified atom stereocenters. The van der Waals surface area contributed by atoms with Crippen molar-refractivity contribution in [1.29, 1.82) is 0 Å². The van der Waals surface area contributed by atoms with E-state index in [4.69, 9.17) is 11.6 Å². The number of amides is 1. The van der Waals surface area contributed by atoms with Gasteiger partial charge in [-0.15, -0.1) is 0 Å². The van der Waals surface area contributed by atoms with E-state index in [0.29, 0.717) is 22.0 Å². The highest BCUT2D eigenvalue weighted by molar-refractivity contribution is 7.92. The number of carbonyl (C=O) groups is 1. The molecule has 3 rings (SSSR count). The predicted octanol–water partition coefficient (Wildman–Crippen LogP) is 5.03. The maximum absolute atomic E-state index is 12.9. The van der Waals surface area contributed by atoms with E-state index in [-0.39, 0.29) is 10.8 Å². The SMILES string of the molecule is Cc1ccc(Cl)cc1NC(=O)c1ccc(C)c(N(C)S(=O)(=O)c2ccccc2)c1. The number of benzene rings is 3. The smallest absolute Gasteiger partial charge is 0.264 e. The summed E-state index contributed by atoms with van der Waals surface area (Å²) in [6.45, 7) is 3.67. The van der Waals surface area contributed by atoms with Crippen molar-refractivity contribution in [3.63, 3.8) is 0 Å². The van der Waals surface area contributed by atoms with Crippen LogP contribution in [0.15, 0.2) is 71.6 Å². The quantitative estimate of drug-likeness (QED) is 0.619. The molecule has 0 fully saturated rings. The number of nitrogens with zero attached hydrogens (tertiary/aromatic N) is 1. The Bertz CT molecular complexity index is 1160. The molecular weight excluding hydrogens is 408 g/mol. The van der Waals surface area contributed by atoms with Gasteiger partial charge in [-0.2, -0.15) is 0 Å².